The molecule has 0 unspecified atom stereocenters. The third kappa shape index (κ3) is 4.34. The highest BCUT2D eigenvalue weighted by Crippen LogP contribution is 2.23. The summed E-state index contributed by atoms with van der Waals surface area (Å²) in [6.45, 7) is 4.39. The van der Waals surface area contributed by atoms with Crippen molar-refractivity contribution in [3.05, 3.63) is 71.2 Å². The van der Waals surface area contributed by atoms with Crippen molar-refractivity contribution >= 4 is 21.4 Å². The topological polar surface area (TPSA) is 59.1 Å². The maximum Gasteiger partial charge on any atom is 0.240 e. The van der Waals surface area contributed by atoms with Gasteiger partial charge in [-0.3, -0.25) is 4.98 Å². The van der Waals surface area contributed by atoms with Gasteiger partial charge in [0.05, 0.1) is 15.5 Å². The zero-order chi connectivity index (χ0) is 17.9. The van der Waals surface area contributed by atoms with Crippen LogP contribution in [0.3, 0.4) is 0 Å². The quantitative estimate of drug-likeness (QED) is 0.697. The Balaban J connectivity index is 1.73. The molecule has 0 spiro atoms. The van der Waals surface area contributed by atoms with E-state index in [4.69, 9.17) is 0 Å². The molecule has 4 nitrogen and oxygen atoms in total. The number of pyridine rings is 1. The van der Waals surface area contributed by atoms with Crippen molar-refractivity contribution in [1.29, 1.82) is 0 Å². The summed E-state index contributed by atoms with van der Waals surface area (Å²) in [4.78, 5) is 5.69. The van der Waals surface area contributed by atoms with Gasteiger partial charge in [-0.05, 0) is 52.8 Å². The second kappa shape index (κ2) is 7.47. The molecule has 0 aliphatic carbocycles. The van der Waals surface area contributed by atoms with Gasteiger partial charge in [0.25, 0.3) is 0 Å². The number of rotatable bonds is 6. The lowest BCUT2D eigenvalue weighted by atomic mass is 10.0. The molecule has 3 aromatic rings. The Kier molecular flexibility index (Phi) is 5.32. The van der Waals surface area contributed by atoms with Gasteiger partial charge in [-0.1, -0.05) is 32.0 Å². The second-order valence-corrected chi connectivity index (χ2v) is 8.79. The van der Waals surface area contributed by atoms with Crippen LogP contribution in [0.2, 0.25) is 0 Å². The second-order valence-electron chi connectivity index (χ2n) is 6.07. The summed E-state index contributed by atoms with van der Waals surface area (Å²) < 4.78 is 27.6. The normalized spacial score (nSPS) is 11.8. The van der Waals surface area contributed by atoms with Gasteiger partial charge in [0, 0.05) is 12.7 Å². The van der Waals surface area contributed by atoms with E-state index < -0.39 is 10.0 Å². The van der Waals surface area contributed by atoms with E-state index in [2.05, 4.69) is 23.6 Å². The summed E-state index contributed by atoms with van der Waals surface area (Å²) in [5.74, 6) is 0.372. The molecule has 1 N–H and O–H groups in total. The number of nitrogens with one attached hydrogen (secondary N) is 1. The van der Waals surface area contributed by atoms with Crippen LogP contribution in [0.5, 0.6) is 0 Å². The Morgan fingerprint density at radius 1 is 1.12 bits per heavy atom. The average Bonchev–Trinajstić information content (AvgIpc) is 3.15. The molecule has 130 valence electrons. The Morgan fingerprint density at radius 3 is 2.52 bits per heavy atom. The van der Waals surface area contributed by atoms with Crippen LogP contribution in [0.4, 0.5) is 0 Å². The van der Waals surface area contributed by atoms with Crippen molar-refractivity contribution in [2.24, 2.45) is 0 Å². The van der Waals surface area contributed by atoms with Gasteiger partial charge < -0.3 is 0 Å². The van der Waals surface area contributed by atoms with Crippen LogP contribution < -0.4 is 4.72 Å². The molecule has 0 bridgehead atoms. The Morgan fingerprint density at radius 2 is 1.88 bits per heavy atom. The molecule has 0 saturated heterocycles. The third-order valence-corrected chi connectivity index (χ3v) is 6.23. The van der Waals surface area contributed by atoms with E-state index in [0.717, 1.165) is 21.7 Å². The molecule has 2 aromatic heterocycles. The van der Waals surface area contributed by atoms with Crippen molar-refractivity contribution in [3.63, 3.8) is 0 Å². The van der Waals surface area contributed by atoms with Gasteiger partial charge >= 0.3 is 0 Å². The molecule has 0 fully saturated rings. The maximum atomic E-state index is 12.5. The zero-order valence-corrected chi connectivity index (χ0v) is 15.8. The smallest absolute Gasteiger partial charge is 0.240 e. The molecular formula is C19H20N2O2S2. The fourth-order valence-electron chi connectivity index (χ4n) is 2.44. The fraction of sp³-hybridized carbons (Fsp3) is 0.211. The highest BCUT2D eigenvalue weighted by Gasteiger charge is 2.14. The van der Waals surface area contributed by atoms with Crippen LogP contribution >= 0.6 is 11.3 Å². The van der Waals surface area contributed by atoms with Crippen LogP contribution in [-0.4, -0.2) is 13.4 Å². The first-order valence-electron chi connectivity index (χ1n) is 8.04. The van der Waals surface area contributed by atoms with Gasteiger partial charge in [-0.15, -0.1) is 11.3 Å². The molecule has 3 rings (SSSR count). The minimum atomic E-state index is -3.54. The monoisotopic (exact) mass is 372 g/mol. The van der Waals surface area contributed by atoms with E-state index >= 15 is 0 Å². The van der Waals surface area contributed by atoms with E-state index in [0.29, 0.717) is 5.92 Å². The molecule has 0 atom stereocenters. The molecule has 1 aromatic carbocycles. The number of nitrogens with zero attached hydrogens (tertiary/aromatic N) is 1. The van der Waals surface area contributed by atoms with Gasteiger partial charge in [-0.2, -0.15) is 0 Å². The summed E-state index contributed by atoms with van der Waals surface area (Å²) in [6, 6.07) is 14.7. The first kappa shape index (κ1) is 17.8. The number of hydrogen-bond donors (Lipinski definition) is 1. The van der Waals surface area contributed by atoms with Gasteiger partial charge in [0.2, 0.25) is 10.0 Å². The van der Waals surface area contributed by atoms with E-state index in [1.54, 1.807) is 29.7 Å². The van der Waals surface area contributed by atoms with Crippen molar-refractivity contribution in [1.82, 2.24) is 9.71 Å². The van der Waals surface area contributed by atoms with E-state index in [9.17, 15) is 8.42 Å². The van der Waals surface area contributed by atoms with Crippen molar-refractivity contribution in [3.8, 4) is 10.6 Å². The van der Waals surface area contributed by atoms with Crippen molar-refractivity contribution in [2.45, 2.75) is 31.2 Å². The van der Waals surface area contributed by atoms with Gasteiger partial charge in [0.15, 0.2) is 0 Å². The predicted molar refractivity (Wildman–Crippen MR) is 102 cm³/mol. The van der Waals surface area contributed by atoms with Crippen molar-refractivity contribution < 1.29 is 8.42 Å². The largest absolute Gasteiger partial charge is 0.255 e. The lowest BCUT2D eigenvalue weighted by Crippen LogP contribution is -2.23. The molecule has 2 heterocycles. The zero-order valence-electron chi connectivity index (χ0n) is 14.1. The van der Waals surface area contributed by atoms with Gasteiger partial charge in [0.1, 0.15) is 0 Å². The van der Waals surface area contributed by atoms with Crippen molar-refractivity contribution in [2.75, 3.05) is 0 Å². The first-order valence-corrected chi connectivity index (χ1v) is 10.4. The Bertz CT molecular complexity index is 932. The average molecular weight is 373 g/mol. The lowest BCUT2D eigenvalue weighted by Gasteiger charge is -2.09. The molecule has 0 radical (unpaired) electrons. The highest BCUT2D eigenvalue weighted by atomic mass is 32.2. The molecule has 6 heteroatoms. The fourth-order valence-corrected chi connectivity index (χ4v) is 4.15. The van der Waals surface area contributed by atoms with Gasteiger partial charge in [-0.25, -0.2) is 13.1 Å². The number of thiophene rings is 1. The van der Waals surface area contributed by atoms with E-state index in [1.807, 2.05) is 41.8 Å². The van der Waals surface area contributed by atoms with Crippen LogP contribution in [0.15, 0.2) is 65.0 Å². The minimum absolute atomic E-state index is 0.231. The third-order valence-electron chi connectivity index (χ3n) is 3.92. The number of aromatic nitrogens is 1. The lowest BCUT2D eigenvalue weighted by molar-refractivity contribution is 0.581. The van der Waals surface area contributed by atoms with Crippen LogP contribution in [-0.2, 0) is 16.6 Å². The minimum Gasteiger partial charge on any atom is -0.255 e. The molecule has 25 heavy (non-hydrogen) atoms. The summed E-state index contributed by atoms with van der Waals surface area (Å²) in [7, 11) is -3.54. The van der Waals surface area contributed by atoms with E-state index in [1.165, 1.54) is 0 Å². The highest BCUT2D eigenvalue weighted by molar-refractivity contribution is 7.89. The summed E-state index contributed by atoms with van der Waals surface area (Å²) in [6.07, 6.45) is 1.70. The Labute approximate surface area is 152 Å². The molecule has 0 aliphatic rings. The predicted octanol–water partition coefficient (Wildman–Crippen LogP) is 4.41. The molecule has 0 saturated carbocycles. The molecule has 0 amide bonds. The van der Waals surface area contributed by atoms with Crippen LogP contribution in [0, 0.1) is 0 Å². The first-order chi connectivity index (χ1) is 12.0. The summed E-state index contributed by atoms with van der Waals surface area (Å²) in [5, 5.41) is 1.99. The molecular weight excluding hydrogens is 352 g/mol. The maximum absolute atomic E-state index is 12.5. The number of hydrogen-bond acceptors (Lipinski definition) is 4. The summed E-state index contributed by atoms with van der Waals surface area (Å²) >= 11 is 1.61. The van der Waals surface area contributed by atoms with E-state index in [-0.39, 0.29) is 11.4 Å². The van der Waals surface area contributed by atoms with Crippen LogP contribution in [0.25, 0.3) is 10.6 Å². The van der Waals surface area contributed by atoms with Crippen LogP contribution in [0.1, 0.15) is 30.9 Å². The number of sulfonamides is 1. The molecule has 0 aliphatic heterocycles. The summed E-state index contributed by atoms with van der Waals surface area (Å²) in [5.41, 5.74) is 2.85. The standard InChI is InChI=1S/C19H20N2O2S2/c1-14(2)16-5-7-17(8-6-16)25(22,23)21-13-15-9-10-20-18(12-15)19-4-3-11-24-19/h3-12,14,21H,13H2,1-2H3. The SMILES string of the molecule is CC(C)c1ccc(S(=O)(=O)NCc2ccnc(-c3cccs3)c2)cc1. The number of benzene rings is 1. The Hall–Kier alpha value is -2.02.